The number of nitrogens with one attached hydrogen (secondary N) is 1. The summed E-state index contributed by atoms with van der Waals surface area (Å²) in [6, 6.07) is 9.85. The van der Waals surface area contributed by atoms with Crippen LogP contribution in [0.25, 0.3) is 21.9 Å². The molecular formula is C15H16N2O2. The van der Waals surface area contributed by atoms with Crippen LogP contribution in [-0.4, -0.2) is 18.3 Å². The molecule has 3 rings (SSSR count). The predicted molar refractivity (Wildman–Crippen MR) is 78.4 cm³/mol. The Hall–Kier alpha value is -2.20. The van der Waals surface area contributed by atoms with Crippen molar-refractivity contribution in [2.45, 2.75) is 6.92 Å². The van der Waals surface area contributed by atoms with Crippen LogP contribution in [-0.2, 0) is 0 Å². The second kappa shape index (κ2) is 4.48. The Balaban J connectivity index is 2.37. The Labute approximate surface area is 110 Å². The Morgan fingerprint density at radius 3 is 2.89 bits per heavy atom. The van der Waals surface area contributed by atoms with Gasteiger partial charge in [0.1, 0.15) is 5.58 Å². The number of aliphatic hydroxyl groups excluding tert-OH is 1. The number of para-hydroxylation sites is 1. The molecule has 0 amide bonds. The molecule has 1 heterocycles. The molecule has 0 aliphatic carbocycles. The van der Waals surface area contributed by atoms with E-state index in [4.69, 9.17) is 15.3 Å². The minimum absolute atomic E-state index is 0.0840. The number of anilines is 2. The van der Waals surface area contributed by atoms with Gasteiger partial charge in [-0.3, -0.25) is 0 Å². The van der Waals surface area contributed by atoms with Crippen LogP contribution >= 0.6 is 0 Å². The van der Waals surface area contributed by atoms with Gasteiger partial charge in [0.25, 0.3) is 0 Å². The fraction of sp³-hybridized carbons (Fsp3) is 0.200. The van der Waals surface area contributed by atoms with E-state index in [2.05, 4.69) is 5.32 Å². The molecule has 3 aromatic rings. The van der Waals surface area contributed by atoms with Crippen molar-refractivity contribution in [1.82, 2.24) is 0 Å². The third-order valence-corrected chi connectivity index (χ3v) is 3.32. The molecule has 19 heavy (non-hydrogen) atoms. The quantitative estimate of drug-likeness (QED) is 0.630. The number of benzene rings is 2. The van der Waals surface area contributed by atoms with Gasteiger partial charge in [0.2, 0.25) is 0 Å². The molecule has 1 aromatic heterocycles. The minimum Gasteiger partial charge on any atom is -0.454 e. The zero-order valence-electron chi connectivity index (χ0n) is 10.7. The number of aliphatic hydroxyl groups is 1. The summed E-state index contributed by atoms with van der Waals surface area (Å²) in [5.41, 5.74) is 10.2. The molecule has 0 unspecified atom stereocenters. The van der Waals surface area contributed by atoms with Gasteiger partial charge in [0.15, 0.2) is 5.58 Å². The maximum Gasteiger partial charge on any atom is 0.160 e. The molecule has 4 N–H and O–H groups in total. The highest BCUT2D eigenvalue weighted by atomic mass is 16.3. The summed E-state index contributed by atoms with van der Waals surface area (Å²) in [5.74, 6) is 0. The number of aryl methyl sites for hydroxylation is 1. The smallest absolute Gasteiger partial charge is 0.160 e. The molecule has 0 fully saturated rings. The van der Waals surface area contributed by atoms with Gasteiger partial charge in [0, 0.05) is 17.6 Å². The van der Waals surface area contributed by atoms with Crippen LogP contribution in [0.5, 0.6) is 0 Å². The van der Waals surface area contributed by atoms with Crippen LogP contribution < -0.4 is 11.1 Å². The lowest BCUT2D eigenvalue weighted by molar-refractivity contribution is 0.311. The van der Waals surface area contributed by atoms with Gasteiger partial charge >= 0.3 is 0 Å². The molecule has 0 bridgehead atoms. The van der Waals surface area contributed by atoms with Crippen molar-refractivity contribution in [2.75, 3.05) is 24.2 Å². The van der Waals surface area contributed by atoms with Crippen LogP contribution in [0.1, 0.15) is 5.56 Å². The first-order chi connectivity index (χ1) is 9.22. The van der Waals surface area contributed by atoms with Crippen LogP contribution in [0.3, 0.4) is 0 Å². The van der Waals surface area contributed by atoms with Gasteiger partial charge in [-0.1, -0.05) is 18.2 Å². The van der Waals surface area contributed by atoms with Crippen LogP contribution in [0.15, 0.2) is 34.7 Å². The Bertz CT molecular complexity index is 747. The molecule has 0 saturated heterocycles. The van der Waals surface area contributed by atoms with E-state index in [1.165, 1.54) is 0 Å². The average molecular weight is 256 g/mol. The largest absolute Gasteiger partial charge is 0.454 e. The predicted octanol–water partition coefficient (Wildman–Crippen LogP) is 2.88. The van der Waals surface area contributed by atoms with Gasteiger partial charge in [-0.05, 0) is 24.6 Å². The fourth-order valence-electron chi connectivity index (χ4n) is 2.38. The molecule has 98 valence electrons. The standard InChI is InChI=1S/C15H16N2O2/c1-9-8-11(17-6-7-18)13-10-4-2-3-5-12(10)19-15(13)14(9)16/h2-5,8,17-18H,6-7,16H2,1H3. The van der Waals surface area contributed by atoms with Gasteiger partial charge < -0.3 is 20.6 Å². The molecule has 0 spiro atoms. The lowest BCUT2D eigenvalue weighted by Gasteiger charge is -2.09. The summed E-state index contributed by atoms with van der Waals surface area (Å²) >= 11 is 0. The summed E-state index contributed by atoms with van der Waals surface area (Å²) in [6.07, 6.45) is 0. The maximum atomic E-state index is 8.98. The molecule has 0 atom stereocenters. The Kier molecular flexibility index (Phi) is 2.80. The van der Waals surface area contributed by atoms with Crippen LogP contribution in [0.4, 0.5) is 11.4 Å². The second-order valence-corrected chi connectivity index (χ2v) is 4.61. The van der Waals surface area contributed by atoms with Crippen LogP contribution in [0.2, 0.25) is 0 Å². The highest BCUT2D eigenvalue weighted by Gasteiger charge is 2.15. The van der Waals surface area contributed by atoms with E-state index < -0.39 is 0 Å². The van der Waals surface area contributed by atoms with Crippen molar-refractivity contribution in [1.29, 1.82) is 0 Å². The molecule has 0 radical (unpaired) electrons. The first-order valence-corrected chi connectivity index (χ1v) is 6.27. The van der Waals surface area contributed by atoms with Gasteiger partial charge in [-0.25, -0.2) is 0 Å². The Morgan fingerprint density at radius 2 is 2.11 bits per heavy atom. The molecule has 4 nitrogen and oxygen atoms in total. The van der Waals surface area contributed by atoms with Gasteiger partial charge in [-0.15, -0.1) is 0 Å². The number of furan rings is 1. The van der Waals surface area contributed by atoms with E-state index in [-0.39, 0.29) is 6.61 Å². The van der Waals surface area contributed by atoms with E-state index in [9.17, 15) is 0 Å². The molecule has 0 saturated carbocycles. The number of nitrogen functional groups attached to an aromatic ring is 1. The van der Waals surface area contributed by atoms with Crippen molar-refractivity contribution in [3.8, 4) is 0 Å². The first kappa shape index (κ1) is 11.9. The van der Waals surface area contributed by atoms with E-state index in [1.807, 2.05) is 37.3 Å². The molecule has 0 aliphatic heterocycles. The monoisotopic (exact) mass is 256 g/mol. The Morgan fingerprint density at radius 1 is 1.32 bits per heavy atom. The van der Waals surface area contributed by atoms with E-state index in [0.29, 0.717) is 17.8 Å². The molecular weight excluding hydrogens is 240 g/mol. The minimum atomic E-state index is 0.0840. The third-order valence-electron chi connectivity index (χ3n) is 3.32. The number of nitrogens with two attached hydrogens (primary N) is 1. The van der Waals surface area contributed by atoms with E-state index >= 15 is 0 Å². The first-order valence-electron chi connectivity index (χ1n) is 6.27. The number of fused-ring (bicyclic) bond motifs is 3. The lowest BCUT2D eigenvalue weighted by atomic mass is 10.1. The second-order valence-electron chi connectivity index (χ2n) is 4.61. The highest BCUT2D eigenvalue weighted by molar-refractivity contribution is 6.15. The zero-order chi connectivity index (χ0) is 13.4. The summed E-state index contributed by atoms with van der Waals surface area (Å²) in [5, 5.41) is 14.2. The lowest BCUT2D eigenvalue weighted by Crippen LogP contribution is -2.06. The van der Waals surface area contributed by atoms with E-state index in [1.54, 1.807) is 0 Å². The number of hydrogen-bond donors (Lipinski definition) is 3. The van der Waals surface area contributed by atoms with Gasteiger partial charge in [0.05, 0.1) is 17.7 Å². The molecule has 4 heteroatoms. The normalized spacial score (nSPS) is 11.3. The fourth-order valence-corrected chi connectivity index (χ4v) is 2.38. The highest BCUT2D eigenvalue weighted by Crippen LogP contribution is 2.38. The number of hydrogen-bond acceptors (Lipinski definition) is 4. The SMILES string of the molecule is Cc1cc(NCCO)c2c(oc3ccccc32)c1N. The van der Waals surface area contributed by atoms with Crippen molar-refractivity contribution >= 4 is 33.3 Å². The van der Waals surface area contributed by atoms with Crippen molar-refractivity contribution in [2.24, 2.45) is 0 Å². The van der Waals surface area contributed by atoms with E-state index in [0.717, 1.165) is 27.6 Å². The third kappa shape index (κ3) is 1.81. The van der Waals surface area contributed by atoms with Crippen LogP contribution in [0, 0.1) is 6.92 Å². The molecule has 0 aliphatic rings. The summed E-state index contributed by atoms with van der Waals surface area (Å²) in [6.45, 7) is 2.53. The zero-order valence-corrected chi connectivity index (χ0v) is 10.7. The van der Waals surface area contributed by atoms with Crippen molar-refractivity contribution in [3.05, 3.63) is 35.9 Å². The van der Waals surface area contributed by atoms with Gasteiger partial charge in [-0.2, -0.15) is 0 Å². The average Bonchev–Trinajstić information content (AvgIpc) is 2.81. The summed E-state index contributed by atoms with van der Waals surface area (Å²) in [7, 11) is 0. The van der Waals surface area contributed by atoms with Crippen molar-refractivity contribution in [3.63, 3.8) is 0 Å². The number of rotatable bonds is 3. The topological polar surface area (TPSA) is 71.4 Å². The maximum absolute atomic E-state index is 8.98. The van der Waals surface area contributed by atoms with Crippen molar-refractivity contribution < 1.29 is 9.52 Å². The summed E-state index contributed by atoms with van der Waals surface area (Å²) < 4.78 is 5.86. The molecule has 2 aromatic carbocycles. The summed E-state index contributed by atoms with van der Waals surface area (Å²) in [4.78, 5) is 0.